The molecule has 0 bridgehead atoms. The van der Waals surface area contributed by atoms with Gasteiger partial charge in [0.15, 0.2) is 0 Å². The first kappa shape index (κ1) is 21.4. The molecule has 6 nitrogen and oxygen atoms in total. The van der Waals surface area contributed by atoms with Gasteiger partial charge in [-0.15, -0.1) is 12.4 Å². The number of nitrogens with zero attached hydrogens (tertiary/aromatic N) is 2. The minimum atomic E-state index is -0.473. The Labute approximate surface area is 166 Å². The standard InChI is InChI=1S/C20H28N4O2.ClH/c1-14-18(12-22-20(25)19(21)17-8-10-26-11-9-17)15(2)24(23-14)13-16-6-4-3-5-7-16;/h3-7,17,19H,8-13,21H2,1-2H3,(H,22,25);1H. The van der Waals surface area contributed by atoms with Crippen molar-refractivity contribution in [1.29, 1.82) is 0 Å². The van der Waals surface area contributed by atoms with Crippen LogP contribution in [0.1, 0.15) is 35.4 Å². The smallest absolute Gasteiger partial charge is 0.237 e. The van der Waals surface area contributed by atoms with Gasteiger partial charge in [0.05, 0.1) is 18.3 Å². The molecular weight excluding hydrogens is 364 g/mol. The van der Waals surface area contributed by atoms with Gasteiger partial charge in [0.2, 0.25) is 5.91 Å². The van der Waals surface area contributed by atoms with Crippen LogP contribution in [0.3, 0.4) is 0 Å². The first-order chi connectivity index (χ1) is 12.6. The number of aromatic nitrogens is 2. The lowest BCUT2D eigenvalue weighted by Crippen LogP contribution is -2.46. The van der Waals surface area contributed by atoms with Crippen molar-refractivity contribution in [2.45, 2.75) is 45.8 Å². The average Bonchev–Trinajstić information content (AvgIpc) is 2.93. The predicted molar refractivity (Wildman–Crippen MR) is 108 cm³/mol. The Balaban J connectivity index is 0.00000261. The van der Waals surface area contributed by atoms with E-state index in [1.807, 2.05) is 36.7 Å². The average molecular weight is 393 g/mol. The minimum Gasteiger partial charge on any atom is -0.381 e. The summed E-state index contributed by atoms with van der Waals surface area (Å²) < 4.78 is 7.33. The van der Waals surface area contributed by atoms with Crippen LogP contribution in [0.5, 0.6) is 0 Å². The molecule has 27 heavy (non-hydrogen) atoms. The number of amides is 1. The number of benzene rings is 1. The molecule has 1 amide bonds. The van der Waals surface area contributed by atoms with Crippen LogP contribution in [0.4, 0.5) is 0 Å². The summed E-state index contributed by atoms with van der Waals surface area (Å²) in [5.41, 5.74) is 10.4. The van der Waals surface area contributed by atoms with Crippen LogP contribution in [-0.4, -0.2) is 34.9 Å². The van der Waals surface area contributed by atoms with Crippen LogP contribution in [0.15, 0.2) is 30.3 Å². The van der Waals surface area contributed by atoms with Crippen molar-refractivity contribution in [3.8, 4) is 0 Å². The molecule has 3 N–H and O–H groups in total. The van der Waals surface area contributed by atoms with Crippen molar-refractivity contribution >= 4 is 18.3 Å². The lowest BCUT2D eigenvalue weighted by Gasteiger charge is -2.26. The number of ether oxygens (including phenoxy) is 1. The first-order valence-corrected chi connectivity index (χ1v) is 9.24. The van der Waals surface area contributed by atoms with E-state index in [1.54, 1.807) is 0 Å². The number of halogens is 1. The van der Waals surface area contributed by atoms with Crippen molar-refractivity contribution in [2.75, 3.05) is 13.2 Å². The maximum absolute atomic E-state index is 12.4. The molecule has 1 aliphatic rings. The Morgan fingerprint density at radius 1 is 1.30 bits per heavy atom. The van der Waals surface area contributed by atoms with Gasteiger partial charge in [-0.2, -0.15) is 5.10 Å². The van der Waals surface area contributed by atoms with Gasteiger partial charge in [0.1, 0.15) is 0 Å². The molecule has 1 unspecified atom stereocenters. The zero-order chi connectivity index (χ0) is 18.5. The van der Waals surface area contributed by atoms with Crippen LogP contribution in [0, 0.1) is 19.8 Å². The van der Waals surface area contributed by atoms with Crippen molar-refractivity contribution in [3.63, 3.8) is 0 Å². The van der Waals surface area contributed by atoms with Crippen LogP contribution < -0.4 is 11.1 Å². The number of hydrogen-bond donors (Lipinski definition) is 2. The molecule has 148 valence electrons. The van der Waals surface area contributed by atoms with Gasteiger partial charge < -0.3 is 15.8 Å². The van der Waals surface area contributed by atoms with E-state index in [0.29, 0.717) is 19.8 Å². The molecule has 2 heterocycles. The van der Waals surface area contributed by atoms with E-state index in [1.165, 1.54) is 5.56 Å². The second-order valence-electron chi connectivity index (χ2n) is 6.99. The zero-order valence-corrected chi connectivity index (χ0v) is 16.8. The van der Waals surface area contributed by atoms with Gasteiger partial charge in [0.25, 0.3) is 0 Å². The fraction of sp³-hybridized carbons (Fsp3) is 0.500. The highest BCUT2D eigenvalue weighted by Crippen LogP contribution is 2.18. The molecule has 0 aliphatic carbocycles. The predicted octanol–water partition coefficient (Wildman–Crippen LogP) is 2.34. The van der Waals surface area contributed by atoms with Crippen LogP contribution in [0.2, 0.25) is 0 Å². The molecule has 0 radical (unpaired) electrons. The topological polar surface area (TPSA) is 82.2 Å². The molecule has 1 aromatic carbocycles. The molecule has 7 heteroatoms. The summed E-state index contributed by atoms with van der Waals surface area (Å²) in [4.78, 5) is 12.4. The monoisotopic (exact) mass is 392 g/mol. The summed E-state index contributed by atoms with van der Waals surface area (Å²) in [7, 11) is 0. The van der Waals surface area contributed by atoms with Crippen molar-refractivity contribution < 1.29 is 9.53 Å². The summed E-state index contributed by atoms with van der Waals surface area (Å²) in [6, 6.07) is 9.77. The lowest BCUT2D eigenvalue weighted by atomic mass is 9.92. The van der Waals surface area contributed by atoms with E-state index in [9.17, 15) is 4.79 Å². The number of nitrogens with one attached hydrogen (secondary N) is 1. The van der Waals surface area contributed by atoms with Crippen LogP contribution >= 0.6 is 12.4 Å². The van der Waals surface area contributed by atoms with E-state index in [4.69, 9.17) is 10.5 Å². The van der Waals surface area contributed by atoms with E-state index in [-0.39, 0.29) is 24.2 Å². The molecule has 1 fully saturated rings. The molecule has 1 saturated heterocycles. The summed E-state index contributed by atoms with van der Waals surface area (Å²) in [5.74, 6) is 0.109. The normalized spacial score (nSPS) is 15.8. The number of carbonyl (C=O) groups is 1. The first-order valence-electron chi connectivity index (χ1n) is 9.24. The van der Waals surface area contributed by atoms with Crippen molar-refractivity contribution in [1.82, 2.24) is 15.1 Å². The van der Waals surface area contributed by atoms with Gasteiger partial charge in [0, 0.05) is 31.0 Å². The Morgan fingerprint density at radius 3 is 2.63 bits per heavy atom. The molecule has 0 spiro atoms. The SMILES string of the molecule is Cc1nn(Cc2ccccc2)c(C)c1CNC(=O)C(N)C1CCOCC1.Cl. The van der Waals surface area contributed by atoms with Gasteiger partial charge >= 0.3 is 0 Å². The Kier molecular flexibility index (Phi) is 7.83. The zero-order valence-electron chi connectivity index (χ0n) is 16.0. The Bertz CT molecular complexity index is 742. The van der Waals surface area contributed by atoms with E-state index in [0.717, 1.165) is 36.3 Å². The molecule has 2 aromatic rings. The van der Waals surface area contributed by atoms with Gasteiger partial charge in [-0.25, -0.2) is 0 Å². The second-order valence-corrected chi connectivity index (χ2v) is 6.99. The Morgan fingerprint density at radius 2 is 1.96 bits per heavy atom. The number of aryl methyl sites for hydroxylation is 1. The second kappa shape index (κ2) is 9.88. The minimum absolute atomic E-state index is 0. The van der Waals surface area contributed by atoms with Crippen molar-refractivity contribution in [2.24, 2.45) is 11.7 Å². The fourth-order valence-corrected chi connectivity index (χ4v) is 3.48. The molecule has 3 rings (SSSR count). The molecule has 1 atom stereocenters. The fourth-order valence-electron chi connectivity index (χ4n) is 3.48. The molecule has 0 saturated carbocycles. The summed E-state index contributed by atoms with van der Waals surface area (Å²) >= 11 is 0. The number of nitrogens with two attached hydrogens (primary N) is 1. The highest BCUT2D eigenvalue weighted by atomic mass is 35.5. The maximum Gasteiger partial charge on any atom is 0.237 e. The third-order valence-corrected chi connectivity index (χ3v) is 5.22. The van der Waals surface area contributed by atoms with E-state index in [2.05, 4.69) is 22.5 Å². The summed E-state index contributed by atoms with van der Waals surface area (Å²) in [6.07, 6.45) is 1.70. The van der Waals surface area contributed by atoms with Crippen LogP contribution in [0.25, 0.3) is 0 Å². The largest absolute Gasteiger partial charge is 0.381 e. The molecule has 1 aliphatic heterocycles. The van der Waals surface area contributed by atoms with Gasteiger partial charge in [-0.1, -0.05) is 30.3 Å². The van der Waals surface area contributed by atoms with E-state index < -0.39 is 6.04 Å². The highest BCUT2D eigenvalue weighted by Gasteiger charge is 2.26. The van der Waals surface area contributed by atoms with Gasteiger partial charge in [-0.05, 0) is 38.2 Å². The third-order valence-electron chi connectivity index (χ3n) is 5.22. The number of rotatable bonds is 6. The third kappa shape index (κ3) is 5.31. The highest BCUT2D eigenvalue weighted by molar-refractivity contribution is 5.85. The maximum atomic E-state index is 12.4. The molecule has 1 aromatic heterocycles. The lowest BCUT2D eigenvalue weighted by molar-refractivity contribution is -0.124. The Hall–Kier alpha value is -1.89. The van der Waals surface area contributed by atoms with Crippen LogP contribution in [-0.2, 0) is 22.6 Å². The van der Waals surface area contributed by atoms with Crippen molar-refractivity contribution in [3.05, 3.63) is 52.8 Å². The summed E-state index contributed by atoms with van der Waals surface area (Å²) in [5, 5.41) is 7.63. The van der Waals surface area contributed by atoms with E-state index >= 15 is 0 Å². The number of hydrogen-bond acceptors (Lipinski definition) is 4. The summed E-state index contributed by atoms with van der Waals surface area (Å²) in [6.45, 7) is 6.59. The van der Waals surface area contributed by atoms with Gasteiger partial charge in [-0.3, -0.25) is 9.48 Å². The molecular formula is C20H29ClN4O2. The quantitative estimate of drug-likeness (QED) is 0.790. The number of carbonyl (C=O) groups excluding carboxylic acids is 1.